The van der Waals surface area contributed by atoms with E-state index in [0.29, 0.717) is 27.5 Å². The smallest absolute Gasteiger partial charge is 0.343 e. The fraction of sp³-hybridized carbons (Fsp3) is 0. The molecule has 0 aliphatic heterocycles. The zero-order valence-corrected chi connectivity index (χ0v) is 17.3. The lowest BCUT2D eigenvalue weighted by molar-refractivity contribution is 0.0734. The third-order valence-corrected chi connectivity index (χ3v) is 4.88. The number of rotatable bonds is 5. The molecule has 3 aromatic carbocycles. The molecule has 0 spiro atoms. The molecule has 0 aliphatic rings. The van der Waals surface area contributed by atoms with Crippen molar-refractivity contribution >= 4 is 52.3 Å². The van der Waals surface area contributed by atoms with Crippen molar-refractivity contribution in [1.82, 2.24) is 5.43 Å². The maximum absolute atomic E-state index is 12.3. The Kier molecular flexibility index (Phi) is 6.78. The van der Waals surface area contributed by atoms with E-state index in [1.54, 1.807) is 60.7 Å². The predicted octanol–water partition coefficient (Wildman–Crippen LogP) is 4.93. The van der Waals surface area contributed by atoms with Crippen molar-refractivity contribution in [2.75, 3.05) is 0 Å². The number of hydrazone groups is 1. The van der Waals surface area contributed by atoms with Gasteiger partial charge in [0.15, 0.2) is 0 Å². The average Bonchev–Trinajstić information content (AvgIpc) is 2.70. The molecule has 1 amide bonds. The first kappa shape index (κ1) is 20.0. The van der Waals surface area contributed by atoms with Crippen molar-refractivity contribution in [3.63, 3.8) is 0 Å². The first-order chi connectivity index (χ1) is 13.5. The number of esters is 1. The van der Waals surface area contributed by atoms with Crippen LogP contribution in [0.15, 0.2) is 77.9 Å². The summed E-state index contributed by atoms with van der Waals surface area (Å²) in [5.41, 5.74) is 3.93. The van der Waals surface area contributed by atoms with E-state index < -0.39 is 5.97 Å². The van der Waals surface area contributed by atoms with Crippen molar-refractivity contribution in [2.24, 2.45) is 5.10 Å². The van der Waals surface area contributed by atoms with Crippen molar-refractivity contribution in [3.8, 4) is 5.75 Å². The lowest BCUT2D eigenvalue weighted by Gasteiger charge is -2.07. The minimum atomic E-state index is -0.514. The molecule has 28 heavy (non-hydrogen) atoms. The number of hydrogen-bond donors (Lipinski definition) is 1. The summed E-state index contributed by atoms with van der Waals surface area (Å²) >= 11 is 7.92. The van der Waals surface area contributed by atoms with E-state index in [0.717, 1.165) is 3.57 Å². The standard InChI is InChI=1S/C21H14ClIN2O3/c22-16-11-9-14(10-12-16)21(27)28-19-8-4-1-5-15(19)13-24-25-20(26)17-6-2-3-7-18(17)23/h1-13H,(H,25,26)/b24-13+. The number of nitrogens with zero attached hydrogens (tertiary/aromatic N) is 1. The number of amides is 1. The van der Waals surface area contributed by atoms with Gasteiger partial charge in [-0.2, -0.15) is 5.10 Å². The van der Waals surface area contributed by atoms with Gasteiger partial charge in [0.1, 0.15) is 5.75 Å². The Hall–Kier alpha value is -2.71. The molecule has 0 aliphatic carbocycles. The molecule has 7 heteroatoms. The second-order valence-corrected chi connectivity index (χ2v) is 7.21. The zero-order chi connectivity index (χ0) is 19.9. The zero-order valence-electron chi connectivity index (χ0n) is 14.4. The number of para-hydroxylation sites is 1. The topological polar surface area (TPSA) is 67.8 Å². The van der Waals surface area contributed by atoms with Gasteiger partial charge >= 0.3 is 5.97 Å². The number of hydrogen-bond acceptors (Lipinski definition) is 4. The number of halogens is 2. The van der Waals surface area contributed by atoms with Crippen LogP contribution < -0.4 is 10.2 Å². The van der Waals surface area contributed by atoms with Crippen molar-refractivity contribution < 1.29 is 14.3 Å². The fourth-order valence-corrected chi connectivity index (χ4v) is 3.05. The lowest BCUT2D eigenvalue weighted by atomic mass is 10.2. The molecule has 1 N–H and O–H groups in total. The van der Waals surface area contributed by atoms with Crippen LogP contribution in [-0.2, 0) is 0 Å². The van der Waals surface area contributed by atoms with E-state index in [2.05, 4.69) is 33.1 Å². The molecule has 140 valence electrons. The van der Waals surface area contributed by atoms with Gasteiger partial charge in [-0.15, -0.1) is 0 Å². The largest absolute Gasteiger partial charge is 0.422 e. The predicted molar refractivity (Wildman–Crippen MR) is 117 cm³/mol. The van der Waals surface area contributed by atoms with Gasteiger partial charge in [-0.1, -0.05) is 35.9 Å². The van der Waals surface area contributed by atoms with Crippen LogP contribution >= 0.6 is 34.2 Å². The van der Waals surface area contributed by atoms with Crippen LogP contribution in [0.5, 0.6) is 5.75 Å². The lowest BCUT2D eigenvalue weighted by Crippen LogP contribution is -2.18. The summed E-state index contributed by atoms with van der Waals surface area (Å²) in [6.07, 6.45) is 1.43. The first-order valence-electron chi connectivity index (χ1n) is 8.19. The minimum Gasteiger partial charge on any atom is -0.422 e. The summed E-state index contributed by atoms with van der Waals surface area (Å²) in [6, 6.07) is 20.5. The Morgan fingerprint density at radius 2 is 1.64 bits per heavy atom. The Morgan fingerprint density at radius 1 is 0.964 bits per heavy atom. The average molecular weight is 505 g/mol. The van der Waals surface area contributed by atoms with Crippen LogP contribution in [-0.4, -0.2) is 18.1 Å². The molecule has 0 atom stereocenters. The monoisotopic (exact) mass is 504 g/mol. The van der Waals surface area contributed by atoms with Crippen LogP contribution in [0.4, 0.5) is 0 Å². The van der Waals surface area contributed by atoms with Gasteiger partial charge in [0.05, 0.1) is 17.3 Å². The highest BCUT2D eigenvalue weighted by atomic mass is 127. The molecule has 0 bridgehead atoms. The Morgan fingerprint density at radius 3 is 2.39 bits per heavy atom. The van der Waals surface area contributed by atoms with Gasteiger partial charge in [0.25, 0.3) is 5.91 Å². The maximum atomic E-state index is 12.3. The second-order valence-electron chi connectivity index (χ2n) is 5.61. The molecule has 5 nitrogen and oxygen atoms in total. The number of carbonyl (C=O) groups is 2. The van der Waals surface area contributed by atoms with E-state index in [1.807, 2.05) is 12.1 Å². The number of nitrogens with one attached hydrogen (secondary N) is 1. The molecular weight excluding hydrogens is 491 g/mol. The van der Waals surface area contributed by atoms with Gasteiger partial charge in [-0.25, -0.2) is 10.2 Å². The van der Waals surface area contributed by atoms with E-state index >= 15 is 0 Å². The van der Waals surface area contributed by atoms with Crippen LogP contribution in [0.3, 0.4) is 0 Å². The molecule has 0 saturated heterocycles. The van der Waals surface area contributed by atoms with E-state index in [9.17, 15) is 9.59 Å². The summed E-state index contributed by atoms with van der Waals surface area (Å²) in [7, 11) is 0. The summed E-state index contributed by atoms with van der Waals surface area (Å²) in [5.74, 6) is -0.507. The molecule has 0 unspecified atom stereocenters. The molecule has 0 heterocycles. The first-order valence-corrected chi connectivity index (χ1v) is 9.65. The van der Waals surface area contributed by atoms with Gasteiger partial charge in [0.2, 0.25) is 0 Å². The third kappa shape index (κ3) is 5.17. The van der Waals surface area contributed by atoms with E-state index in [4.69, 9.17) is 16.3 Å². The van der Waals surface area contributed by atoms with Crippen LogP contribution in [0.1, 0.15) is 26.3 Å². The normalized spacial score (nSPS) is 10.6. The number of ether oxygens (including phenoxy) is 1. The van der Waals surface area contributed by atoms with Crippen molar-refractivity contribution in [2.45, 2.75) is 0 Å². The Balaban J connectivity index is 1.70. The third-order valence-electron chi connectivity index (χ3n) is 3.69. The van der Waals surface area contributed by atoms with Crippen LogP contribution in [0.2, 0.25) is 5.02 Å². The van der Waals surface area contributed by atoms with Crippen molar-refractivity contribution in [3.05, 3.63) is 98.1 Å². The molecule has 0 radical (unpaired) electrons. The highest BCUT2D eigenvalue weighted by Crippen LogP contribution is 2.18. The molecule has 0 saturated carbocycles. The molecule has 0 aromatic heterocycles. The van der Waals surface area contributed by atoms with Crippen molar-refractivity contribution in [1.29, 1.82) is 0 Å². The Bertz CT molecular complexity index is 1040. The second kappa shape index (κ2) is 9.48. The van der Waals surface area contributed by atoms with E-state index in [-0.39, 0.29) is 5.91 Å². The molecular formula is C21H14ClIN2O3. The van der Waals surface area contributed by atoms with Gasteiger partial charge < -0.3 is 4.74 Å². The minimum absolute atomic E-state index is 0.322. The fourth-order valence-electron chi connectivity index (χ4n) is 2.29. The van der Waals surface area contributed by atoms with Gasteiger partial charge in [0, 0.05) is 14.2 Å². The quantitative estimate of drug-likeness (QED) is 0.176. The van der Waals surface area contributed by atoms with Crippen LogP contribution in [0.25, 0.3) is 0 Å². The van der Waals surface area contributed by atoms with Gasteiger partial charge in [-0.3, -0.25) is 4.79 Å². The summed E-state index contributed by atoms with van der Waals surface area (Å²) in [6.45, 7) is 0. The highest BCUT2D eigenvalue weighted by Gasteiger charge is 2.11. The van der Waals surface area contributed by atoms with Crippen LogP contribution in [0, 0.1) is 3.57 Å². The SMILES string of the molecule is O=C(Oc1ccccc1/C=N/NC(=O)c1ccccc1I)c1ccc(Cl)cc1. The van der Waals surface area contributed by atoms with E-state index in [1.165, 1.54) is 6.21 Å². The number of carbonyl (C=O) groups excluding carboxylic acids is 2. The van der Waals surface area contributed by atoms with Gasteiger partial charge in [-0.05, 0) is 71.1 Å². The summed E-state index contributed by atoms with van der Waals surface area (Å²) in [5, 5.41) is 4.51. The highest BCUT2D eigenvalue weighted by molar-refractivity contribution is 14.1. The molecule has 3 rings (SSSR count). The number of benzene rings is 3. The summed E-state index contributed by atoms with van der Waals surface area (Å²) in [4.78, 5) is 24.5. The summed E-state index contributed by atoms with van der Waals surface area (Å²) < 4.78 is 6.27. The molecule has 3 aromatic rings. The maximum Gasteiger partial charge on any atom is 0.343 e. The Labute approximate surface area is 180 Å². The molecule has 0 fully saturated rings.